The fourth-order valence-corrected chi connectivity index (χ4v) is 1.76. The van der Waals surface area contributed by atoms with E-state index < -0.39 is 0 Å². The number of anilines is 1. The Morgan fingerprint density at radius 1 is 1.39 bits per heavy atom. The highest BCUT2D eigenvalue weighted by Gasteiger charge is 2.08. The summed E-state index contributed by atoms with van der Waals surface area (Å²) in [5, 5.41) is 0. The molecule has 102 valence electrons. The van der Waals surface area contributed by atoms with E-state index in [0.29, 0.717) is 12.5 Å². The van der Waals surface area contributed by atoms with Gasteiger partial charge in [-0.1, -0.05) is 13.8 Å². The lowest BCUT2D eigenvalue weighted by molar-refractivity contribution is 0.196. The lowest BCUT2D eigenvalue weighted by Gasteiger charge is -2.20. The van der Waals surface area contributed by atoms with Gasteiger partial charge in [-0.2, -0.15) is 0 Å². The fourth-order valence-electron chi connectivity index (χ4n) is 1.76. The van der Waals surface area contributed by atoms with Crippen LogP contribution in [0.1, 0.15) is 37.4 Å². The molecule has 0 saturated carbocycles. The maximum Gasteiger partial charge on any atom is 0.128 e. The average Bonchev–Trinajstić information content (AvgIpc) is 2.38. The minimum absolute atomic E-state index is 0.419. The molecule has 0 spiro atoms. The van der Waals surface area contributed by atoms with E-state index in [9.17, 15) is 0 Å². The Morgan fingerprint density at radius 3 is 2.67 bits per heavy atom. The third-order valence-corrected chi connectivity index (χ3v) is 2.95. The Labute approximate surface area is 110 Å². The van der Waals surface area contributed by atoms with E-state index in [1.165, 1.54) is 0 Å². The summed E-state index contributed by atoms with van der Waals surface area (Å²) in [4.78, 5) is 6.85. The van der Waals surface area contributed by atoms with Crippen molar-refractivity contribution in [3.8, 4) is 0 Å². The highest BCUT2D eigenvalue weighted by atomic mass is 16.5. The zero-order valence-corrected chi connectivity index (χ0v) is 11.9. The van der Waals surface area contributed by atoms with Gasteiger partial charge in [-0.15, -0.1) is 0 Å². The van der Waals surface area contributed by atoms with E-state index in [4.69, 9.17) is 10.5 Å². The highest BCUT2D eigenvalue weighted by Crippen LogP contribution is 2.19. The molecule has 1 heterocycles. The van der Waals surface area contributed by atoms with Crippen molar-refractivity contribution < 1.29 is 4.74 Å². The quantitative estimate of drug-likeness (QED) is 0.754. The molecule has 0 bridgehead atoms. The van der Waals surface area contributed by atoms with Gasteiger partial charge in [0.2, 0.25) is 0 Å². The van der Waals surface area contributed by atoms with E-state index >= 15 is 0 Å². The highest BCUT2D eigenvalue weighted by molar-refractivity contribution is 5.42. The number of nitrogens with zero attached hydrogens (tertiary/aromatic N) is 2. The summed E-state index contributed by atoms with van der Waals surface area (Å²) in [6.07, 6.45) is 0.999. The molecule has 0 fully saturated rings. The van der Waals surface area contributed by atoms with Crippen LogP contribution in [0, 0.1) is 0 Å². The van der Waals surface area contributed by atoms with E-state index in [2.05, 4.69) is 42.9 Å². The van der Waals surface area contributed by atoms with Crippen LogP contribution < -0.4 is 10.6 Å². The van der Waals surface area contributed by atoms with Crippen molar-refractivity contribution in [1.82, 2.24) is 4.98 Å². The summed E-state index contributed by atoms with van der Waals surface area (Å²) in [5.74, 6) is 1.42. The van der Waals surface area contributed by atoms with Gasteiger partial charge < -0.3 is 15.4 Å². The van der Waals surface area contributed by atoms with E-state index in [-0.39, 0.29) is 0 Å². The Bertz CT molecular complexity index is 366. The molecule has 1 rings (SSSR count). The predicted molar refractivity (Wildman–Crippen MR) is 76.0 cm³/mol. The summed E-state index contributed by atoms with van der Waals surface area (Å²) in [6, 6.07) is 4.16. The first-order chi connectivity index (χ1) is 8.58. The molecule has 0 saturated heterocycles. The second kappa shape index (κ2) is 7.34. The Balaban J connectivity index is 2.82. The second-order valence-corrected chi connectivity index (χ2v) is 4.89. The largest absolute Gasteiger partial charge is 0.385 e. The number of rotatable bonds is 7. The second-order valence-electron chi connectivity index (χ2n) is 4.89. The van der Waals surface area contributed by atoms with Crippen molar-refractivity contribution >= 4 is 5.82 Å². The number of pyridine rings is 1. The van der Waals surface area contributed by atoms with Crippen molar-refractivity contribution in [1.29, 1.82) is 0 Å². The van der Waals surface area contributed by atoms with Gasteiger partial charge in [0.1, 0.15) is 5.82 Å². The van der Waals surface area contributed by atoms with Crippen molar-refractivity contribution in [2.24, 2.45) is 5.73 Å². The lowest BCUT2D eigenvalue weighted by atomic mass is 10.1. The molecule has 0 amide bonds. The maximum absolute atomic E-state index is 5.74. The van der Waals surface area contributed by atoms with Gasteiger partial charge in [-0.05, 0) is 30.0 Å². The molecule has 1 aromatic heterocycles. The molecule has 0 aromatic carbocycles. The summed E-state index contributed by atoms with van der Waals surface area (Å²) in [6.45, 7) is 6.57. The van der Waals surface area contributed by atoms with Crippen LogP contribution in [0.2, 0.25) is 0 Å². The van der Waals surface area contributed by atoms with Gasteiger partial charge >= 0.3 is 0 Å². The molecule has 4 heteroatoms. The zero-order chi connectivity index (χ0) is 13.5. The minimum atomic E-state index is 0.419. The van der Waals surface area contributed by atoms with Crippen LogP contribution in [0.5, 0.6) is 0 Å². The van der Waals surface area contributed by atoms with Crippen molar-refractivity contribution in [3.63, 3.8) is 0 Å². The molecule has 4 nitrogen and oxygen atoms in total. The van der Waals surface area contributed by atoms with Crippen molar-refractivity contribution in [3.05, 3.63) is 23.4 Å². The van der Waals surface area contributed by atoms with E-state index in [0.717, 1.165) is 36.6 Å². The number of hydrogen-bond donors (Lipinski definition) is 1. The minimum Gasteiger partial charge on any atom is -0.385 e. The molecular weight excluding hydrogens is 226 g/mol. The number of nitrogens with two attached hydrogens (primary N) is 1. The monoisotopic (exact) mass is 251 g/mol. The summed E-state index contributed by atoms with van der Waals surface area (Å²) in [5.41, 5.74) is 7.99. The first-order valence-corrected chi connectivity index (χ1v) is 6.49. The molecular formula is C14H25N3O. The first kappa shape index (κ1) is 14.9. The topological polar surface area (TPSA) is 51.4 Å². The van der Waals surface area contributed by atoms with Gasteiger partial charge in [-0.25, -0.2) is 4.98 Å². The normalized spacial score (nSPS) is 11.0. The Kier molecular flexibility index (Phi) is 6.09. The van der Waals surface area contributed by atoms with Gasteiger partial charge in [0.15, 0.2) is 0 Å². The molecule has 0 atom stereocenters. The fraction of sp³-hybridized carbons (Fsp3) is 0.643. The molecule has 0 aliphatic heterocycles. The summed E-state index contributed by atoms with van der Waals surface area (Å²) < 4.78 is 5.07. The maximum atomic E-state index is 5.74. The zero-order valence-electron chi connectivity index (χ0n) is 11.9. The smallest absolute Gasteiger partial charge is 0.128 e. The molecule has 0 aliphatic rings. The van der Waals surface area contributed by atoms with Crippen molar-refractivity contribution in [2.75, 3.05) is 32.2 Å². The standard InChI is InChI=1S/C14H25N3O/c1-11(2)13-8-12(10-15)9-14(16-13)17(3)6-5-7-18-4/h8-9,11H,5-7,10,15H2,1-4H3. The Morgan fingerprint density at radius 2 is 2.11 bits per heavy atom. The summed E-state index contributed by atoms with van der Waals surface area (Å²) >= 11 is 0. The molecule has 2 N–H and O–H groups in total. The van der Waals surface area contributed by atoms with Crippen LogP contribution >= 0.6 is 0 Å². The summed E-state index contributed by atoms with van der Waals surface area (Å²) in [7, 11) is 3.78. The van der Waals surface area contributed by atoms with Gasteiger partial charge in [-0.3, -0.25) is 0 Å². The Hall–Kier alpha value is -1.13. The van der Waals surface area contributed by atoms with Gasteiger partial charge in [0, 0.05) is 39.5 Å². The van der Waals surface area contributed by atoms with Crippen LogP contribution in [-0.4, -0.2) is 32.3 Å². The van der Waals surface area contributed by atoms with Crippen LogP contribution in [-0.2, 0) is 11.3 Å². The molecule has 18 heavy (non-hydrogen) atoms. The molecule has 0 radical (unpaired) electrons. The van der Waals surface area contributed by atoms with Gasteiger partial charge in [0.25, 0.3) is 0 Å². The molecule has 0 unspecified atom stereocenters. The first-order valence-electron chi connectivity index (χ1n) is 6.49. The van der Waals surface area contributed by atoms with Crippen LogP contribution in [0.25, 0.3) is 0 Å². The number of ether oxygens (including phenoxy) is 1. The van der Waals surface area contributed by atoms with E-state index in [1.54, 1.807) is 7.11 Å². The molecule has 1 aromatic rings. The van der Waals surface area contributed by atoms with E-state index in [1.807, 2.05) is 0 Å². The van der Waals surface area contributed by atoms with Crippen LogP contribution in [0.15, 0.2) is 12.1 Å². The average molecular weight is 251 g/mol. The number of methoxy groups -OCH3 is 1. The van der Waals surface area contributed by atoms with Crippen molar-refractivity contribution in [2.45, 2.75) is 32.7 Å². The number of aromatic nitrogens is 1. The SMILES string of the molecule is COCCCN(C)c1cc(CN)cc(C(C)C)n1. The van der Waals surface area contributed by atoms with Gasteiger partial charge in [0.05, 0.1) is 0 Å². The van der Waals surface area contributed by atoms with Crippen LogP contribution in [0.4, 0.5) is 5.82 Å². The molecule has 0 aliphatic carbocycles. The lowest BCUT2D eigenvalue weighted by Crippen LogP contribution is -2.21. The van der Waals surface area contributed by atoms with Crippen LogP contribution in [0.3, 0.4) is 0 Å². The third-order valence-electron chi connectivity index (χ3n) is 2.95. The number of hydrogen-bond acceptors (Lipinski definition) is 4. The third kappa shape index (κ3) is 4.27. The predicted octanol–water partition coefficient (Wildman–Crippen LogP) is 2.14.